The molecule has 1 saturated carbocycles. The van der Waals surface area contributed by atoms with Crippen LogP contribution >= 0.6 is 11.8 Å². The van der Waals surface area contributed by atoms with Crippen LogP contribution in [-0.2, 0) is 11.3 Å². The summed E-state index contributed by atoms with van der Waals surface area (Å²) in [7, 11) is 0. The second-order valence-corrected chi connectivity index (χ2v) is 8.72. The molecular weight excluding hydrogens is 358 g/mol. The highest BCUT2D eigenvalue weighted by molar-refractivity contribution is 7.99. The van der Waals surface area contributed by atoms with E-state index in [4.69, 9.17) is 0 Å². The fraction of sp³-hybridized carbons (Fsp3) is 0.600. The van der Waals surface area contributed by atoms with Crippen molar-refractivity contribution >= 4 is 17.7 Å². The van der Waals surface area contributed by atoms with E-state index in [0.717, 1.165) is 29.5 Å². The average molecular weight is 388 g/mol. The molecule has 1 fully saturated rings. The number of carbonyl (C=O) groups excluding carboxylic acids is 1. The van der Waals surface area contributed by atoms with E-state index < -0.39 is 0 Å². The molecule has 2 aromatic rings. The lowest BCUT2D eigenvalue weighted by Gasteiger charge is -2.29. The van der Waals surface area contributed by atoms with E-state index in [1.807, 2.05) is 12.1 Å². The first-order chi connectivity index (χ1) is 13.0. The molecule has 2 atom stereocenters. The van der Waals surface area contributed by atoms with Crippen LogP contribution in [0.25, 0.3) is 11.4 Å². The summed E-state index contributed by atoms with van der Waals surface area (Å²) in [5.41, 5.74) is 0.943. The molecule has 0 aromatic carbocycles. The van der Waals surface area contributed by atoms with Crippen LogP contribution in [0.4, 0.5) is 0 Å². The number of nitrogens with zero attached hydrogens (tertiary/aromatic N) is 4. The van der Waals surface area contributed by atoms with Crippen LogP contribution in [0, 0.1) is 11.8 Å². The first-order valence-corrected chi connectivity index (χ1v) is 10.8. The topological polar surface area (TPSA) is 72.7 Å². The maximum atomic E-state index is 12.4. The number of hydrogen-bond donors (Lipinski definition) is 1. The number of nitrogens with one attached hydrogen (secondary N) is 1. The van der Waals surface area contributed by atoms with Crippen LogP contribution in [0.5, 0.6) is 0 Å². The summed E-state index contributed by atoms with van der Waals surface area (Å²) in [5.74, 6) is 2.27. The number of aromatic nitrogens is 4. The maximum Gasteiger partial charge on any atom is 0.230 e. The molecule has 3 rings (SSSR count). The highest BCUT2D eigenvalue weighted by Crippen LogP contribution is 2.26. The Balaban J connectivity index is 1.67. The molecule has 0 spiro atoms. The van der Waals surface area contributed by atoms with Gasteiger partial charge in [0.1, 0.15) is 0 Å². The number of pyridine rings is 1. The Morgan fingerprint density at radius 1 is 1.33 bits per heavy atom. The second kappa shape index (κ2) is 9.35. The molecule has 7 heteroatoms. The van der Waals surface area contributed by atoms with Gasteiger partial charge in [0, 0.05) is 30.5 Å². The Morgan fingerprint density at radius 3 is 2.85 bits per heavy atom. The molecule has 0 bridgehead atoms. The first kappa shape index (κ1) is 19.9. The van der Waals surface area contributed by atoms with E-state index >= 15 is 0 Å². The van der Waals surface area contributed by atoms with Gasteiger partial charge in [-0.15, -0.1) is 10.2 Å². The van der Waals surface area contributed by atoms with Crippen molar-refractivity contribution in [3.05, 3.63) is 24.5 Å². The summed E-state index contributed by atoms with van der Waals surface area (Å²) < 4.78 is 2.10. The third kappa shape index (κ3) is 5.31. The molecule has 6 nitrogen and oxygen atoms in total. The van der Waals surface area contributed by atoms with Crippen molar-refractivity contribution in [1.29, 1.82) is 0 Å². The summed E-state index contributed by atoms with van der Waals surface area (Å²) in [6.07, 6.45) is 8.32. The zero-order valence-electron chi connectivity index (χ0n) is 16.4. The molecule has 2 unspecified atom stereocenters. The molecule has 27 heavy (non-hydrogen) atoms. The summed E-state index contributed by atoms with van der Waals surface area (Å²) in [6, 6.07) is 4.20. The zero-order chi connectivity index (χ0) is 19.2. The van der Waals surface area contributed by atoms with Crippen molar-refractivity contribution in [2.75, 3.05) is 5.75 Å². The van der Waals surface area contributed by atoms with Gasteiger partial charge in [-0.3, -0.25) is 9.78 Å². The normalized spacial score (nSPS) is 20.0. The SMILES string of the molecule is CC(C)Cn1c(SCC(=O)NC2CCCCC2C)nnc1-c1cccnc1. The van der Waals surface area contributed by atoms with Gasteiger partial charge in [-0.1, -0.05) is 45.4 Å². The first-order valence-electron chi connectivity index (χ1n) is 9.80. The molecular formula is C20H29N5OS. The molecule has 1 aliphatic carbocycles. The smallest absolute Gasteiger partial charge is 0.230 e. The molecule has 1 aliphatic rings. The van der Waals surface area contributed by atoms with Gasteiger partial charge in [-0.2, -0.15) is 0 Å². The Kier molecular flexibility index (Phi) is 6.88. The van der Waals surface area contributed by atoms with Crippen molar-refractivity contribution in [2.24, 2.45) is 11.8 Å². The Bertz CT molecular complexity index is 746. The van der Waals surface area contributed by atoms with Crippen molar-refractivity contribution in [2.45, 2.75) is 64.2 Å². The number of rotatable bonds is 7. The average Bonchev–Trinajstić information content (AvgIpc) is 3.04. The number of amides is 1. The van der Waals surface area contributed by atoms with E-state index in [1.54, 1.807) is 12.4 Å². The fourth-order valence-electron chi connectivity index (χ4n) is 3.54. The third-order valence-corrected chi connectivity index (χ3v) is 5.94. The van der Waals surface area contributed by atoms with Crippen LogP contribution < -0.4 is 5.32 Å². The van der Waals surface area contributed by atoms with Crippen molar-refractivity contribution < 1.29 is 4.79 Å². The van der Waals surface area contributed by atoms with Crippen molar-refractivity contribution in [1.82, 2.24) is 25.1 Å². The van der Waals surface area contributed by atoms with Crippen molar-refractivity contribution in [3.63, 3.8) is 0 Å². The monoisotopic (exact) mass is 387 g/mol. The minimum absolute atomic E-state index is 0.0841. The van der Waals surface area contributed by atoms with Gasteiger partial charge in [-0.25, -0.2) is 0 Å². The standard InChI is InChI=1S/C20H29N5OS/c1-14(2)12-25-19(16-8-6-10-21-11-16)23-24-20(25)27-13-18(26)22-17-9-5-4-7-15(17)3/h6,8,10-11,14-15,17H,4-5,7,9,12-13H2,1-3H3,(H,22,26). The lowest BCUT2D eigenvalue weighted by molar-refractivity contribution is -0.119. The molecule has 0 saturated heterocycles. The van der Waals surface area contributed by atoms with E-state index in [-0.39, 0.29) is 5.91 Å². The molecule has 2 heterocycles. The second-order valence-electron chi connectivity index (χ2n) is 7.78. The molecule has 0 aliphatic heterocycles. The fourth-order valence-corrected chi connectivity index (χ4v) is 4.30. The van der Waals surface area contributed by atoms with Gasteiger partial charge in [0.25, 0.3) is 0 Å². The molecule has 0 radical (unpaired) electrons. The predicted octanol–water partition coefficient (Wildman–Crippen LogP) is 3.78. The lowest BCUT2D eigenvalue weighted by atomic mass is 9.86. The Morgan fingerprint density at radius 2 is 2.15 bits per heavy atom. The van der Waals surface area contributed by atoms with E-state index in [9.17, 15) is 4.79 Å². The summed E-state index contributed by atoms with van der Waals surface area (Å²) >= 11 is 1.46. The van der Waals surface area contributed by atoms with Gasteiger partial charge in [0.05, 0.1) is 5.75 Å². The summed E-state index contributed by atoms with van der Waals surface area (Å²) in [4.78, 5) is 16.6. The van der Waals surface area contributed by atoms with Crippen molar-refractivity contribution in [3.8, 4) is 11.4 Å². The molecule has 2 aromatic heterocycles. The lowest BCUT2D eigenvalue weighted by Crippen LogP contribution is -2.41. The summed E-state index contributed by atoms with van der Waals surface area (Å²) in [6.45, 7) is 7.37. The van der Waals surface area contributed by atoms with Crippen LogP contribution in [0.1, 0.15) is 46.5 Å². The van der Waals surface area contributed by atoms with Gasteiger partial charge in [-0.05, 0) is 36.8 Å². The molecule has 146 valence electrons. The summed E-state index contributed by atoms with van der Waals surface area (Å²) in [5, 5.41) is 12.7. The van der Waals surface area contributed by atoms with E-state index in [0.29, 0.717) is 23.6 Å². The van der Waals surface area contributed by atoms with Crippen LogP contribution in [0.2, 0.25) is 0 Å². The highest BCUT2D eigenvalue weighted by atomic mass is 32.2. The minimum atomic E-state index is 0.0841. The quantitative estimate of drug-likeness (QED) is 0.732. The predicted molar refractivity (Wildman–Crippen MR) is 108 cm³/mol. The van der Waals surface area contributed by atoms with Crippen LogP contribution in [0.15, 0.2) is 29.7 Å². The molecule has 1 amide bonds. The minimum Gasteiger partial charge on any atom is -0.352 e. The number of hydrogen-bond acceptors (Lipinski definition) is 5. The van der Waals surface area contributed by atoms with E-state index in [1.165, 1.54) is 31.0 Å². The third-order valence-electron chi connectivity index (χ3n) is 4.97. The van der Waals surface area contributed by atoms with E-state index in [2.05, 4.69) is 45.8 Å². The maximum absolute atomic E-state index is 12.4. The molecule has 1 N–H and O–H groups in total. The van der Waals surface area contributed by atoms with Gasteiger partial charge >= 0.3 is 0 Å². The largest absolute Gasteiger partial charge is 0.352 e. The zero-order valence-corrected chi connectivity index (χ0v) is 17.2. The van der Waals surface area contributed by atoms with Gasteiger partial charge < -0.3 is 9.88 Å². The van der Waals surface area contributed by atoms with Crippen LogP contribution in [-0.4, -0.2) is 37.5 Å². The number of carbonyl (C=O) groups is 1. The van der Waals surface area contributed by atoms with Gasteiger partial charge in [0.15, 0.2) is 11.0 Å². The Labute approximate surface area is 165 Å². The van der Waals surface area contributed by atoms with Crippen LogP contribution in [0.3, 0.4) is 0 Å². The number of thioether (sulfide) groups is 1. The van der Waals surface area contributed by atoms with Gasteiger partial charge in [0.2, 0.25) is 5.91 Å². The highest BCUT2D eigenvalue weighted by Gasteiger charge is 2.23. The Hall–Kier alpha value is -1.89.